The maximum Gasteiger partial charge on any atom is 0.407 e. The molecule has 176 valence electrons. The van der Waals surface area contributed by atoms with Crippen LogP contribution >= 0.6 is 11.8 Å². The second kappa shape index (κ2) is 11.2. The van der Waals surface area contributed by atoms with E-state index in [9.17, 15) is 19.5 Å². The molecule has 0 bridgehead atoms. The van der Waals surface area contributed by atoms with E-state index in [0.717, 1.165) is 29.9 Å². The van der Waals surface area contributed by atoms with Gasteiger partial charge in [-0.2, -0.15) is 11.8 Å². The van der Waals surface area contributed by atoms with Crippen LogP contribution in [0.15, 0.2) is 30.3 Å². The van der Waals surface area contributed by atoms with Crippen molar-refractivity contribution in [2.24, 2.45) is 5.41 Å². The number of carbonyl (C=O) groups excluding carboxylic acids is 2. The van der Waals surface area contributed by atoms with Crippen molar-refractivity contribution in [3.05, 3.63) is 35.9 Å². The maximum absolute atomic E-state index is 13.6. The molecule has 0 aromatic heterocycles. The lowest BCUT2D eigenvalue weighted by atomic mass is 9.75. The number of thioether (sulfide) groups is 1. The van der Waals surface area contributed by atoms with Crippen LogP contribution in [0.5, 0.6) is 0 Å². The number of ether oxygens (including phenoxy) is 1. The van der Waals surface area contributed by atoms with Crippen molar-refractivity contribution in [3.63, 3.8) is 0 Å². The van der Waals surface area contributed by atoms with Crippen molar-refractivity contribution in [2.45, 2.75) is 64.1 Å². The molecule has 7 nitrogen and oxygen atoms in total. The fourth-order valence-corrected chi connectivity index (χ4v) is 6.32. The number of carbonyl (C=O) groups is 3. The van der Waals surface area contributed by atoms with Crippen LogP contribution in [-0.2, 0) is 20.7 Å². The Kier molecular flexibility index (Phi) is 8.59. The number of Topliss-reactive ketones (excluding diaryl/α,β-unsaturated/α-hetero) is 1. The fourth-order valence-electron chi connectivity index (χ4n) is 4.98. The molecular formula is C24H34N2O5S. The summed E-state index contributed by atoms with van der Waals surface area (Å²) in [6, 6.07) is 7.90. The van der Waals surface area contributed by atoms with E-state index >= 15 is 0 Å². The highest BCUT2D eigenvalue weighted by Gasteiger charge is 2.54. The van der Waals surface area contributed by atoms with E-state index in [1.165, 1.54) is 4.90 Å². The molecule has 2 fully saturated rings. The number of nitrogens with zero attached hydrogens (tertiary/aromatic N) is 1. The van der Waals surface area contributed by atoms with E-state index in [1.54, 1.807) is 25.6 Å². The van der Waals surface area contributed by atoms with Crippen LogP contribution in [0.3, 0.4) is 0 Å². The third-order valence-corrected chi connectivity index (χ3v) is 7.98. The molecule has 1 aromatic carbocycles. The Hall–Kier alpha value is -2.06. The molecule has 3 rings (SSSR count). The van der Waals surface area contributed by atoms with Crippen molar-refractivity contribution in [1.82, 2.24) is 10.2 Å². The number of amides is 1. The molecule has 3 unspecified atom stereocenters. The summed E-state index contributed by atoms with van der Waals surface area (Å²) in [5, 5.41) is 12.9. The van der Waals surface area contributed by atoms with Gasteiger partial charge in [-0.15, -0.1) is 0 Å². The van der Waals surface area contributed by atoms with Crippen molar-refractivity contribution in [3.8, 4) is 0 Å². The third-order valence-electron chi connectivity index (χ3n) is 6.62. The van der Waals surface area contributed by atoms with Gasteiger partial charge in [0.25, 0.3) is 0 Å². The summed E-state index contributed by atoms with van der Waals surface area (Å²) in [5.41, 5.74) is 0.797. The van der Waals surface area contributed by atoms with E-state index in [-0.39, 0.29) is 23.8 Å². The highest BCUT2D eigenvalue weighted by molar-refractivity contribution is 7.99. The van der Waals surface area contributed by atoms with Crippen LogP contribution in [-0.4, -0.2) is 70.6 Å². The van der Waals surface area contributed by atoms with Crippen LogP contribution in [0.1, 0.15) is 45.1 Å². The predicted molar refractivity (Wildman–Crippen MR) is 125 cm³/mol. The average Bonchev–Trinajstić information content (AvgIpc) is 3.15. The van der Waals surface area contributed by atoms with Gasteiger partial charge in [0.2, 0.25) is 0 Å². The van der Waals surface area contributed by atoms with Gasteiger partial charge in [0.05, 0.1) is 12.6 Å². The number of carboxylic acid groups (broad SMARTS) is 1. The maximum atomic E-state index is 13.6. The molecule has 2 N–H and O–H groups in total. The number of esters is 1. The highest BCUT2D eigenvalue weighted by Crippen LogP contribution is 2.47. The summed E-state index contributed by atoms with van der Waals surface area (Å²) in [6.07, 6.45) is 2.69. The first-order chi connectivity index (χ1) is 15.4. The number of benzene rings is 1. The number of nitrogens with one attached hydrogen (secondary N) is 1. The first-order valence-corrected chi connectivity index (χ1v) is 12.6. The average molecular weight is 463 g/mol. The van der Waals surface area contributed by atoms with Gasteiger partial charge in [-0.1, -0.05) is 30.3 Å². The summed E-state index contributed by atoms with van der Waals surface area (Å²) in [6.45, 7) is 4.14. The number of hydrogen-bond donors (Lipinski definition) is 2. The lowest BCUT2D eigenvalue weighted by Gasteiger charge is -2.40. The molecular weight excluding hydrogens is 428 g/mol. The minimum Gasteiger partial charge on any atom is -0.465 e. The van der Waals surface area contributed by atoms with E-state index in [0.29, 0.717) is 25.8 Å². The molecule has 1 spiro atoms. The molecule has 1 aromatic rings. The summed E-state index contributed by atoms with van der Waals surface area (Å²) in [4.78, 5) is 39.4. The first kappa shape index (κ1) is 24.6. The Morgan fingerprint density at radius 3 is 2.66 bits per heavy atom. The monoisotopic (exact) mass is 462 g/mol. The molecule has 0 aliphatic carbocycles. The van der Waals surface area contributed by atoms with E-state index in [4.69, 9.17) is 4.74 Å². The number of hydrogen-bond acceptors (Lipinski definition) is 6. The summed E-state index contributed by atoms with van der Waals surface area (Å²) >= 11 is 1.80. The van der Waals surface area contributed by atoms with Crippen molar-refractivity contribution in [1.29, 1.82) is 0 Å². The SMILES string of the molecule is CCOC(=O)C(CCc1ccccc1)N[C@@H](C)C(=O)C1N(C(=O)O)CCC12CCCSC2. The van der Waals surface area contributed by atoms with Crippen LogP contribution in [0.4, 0.5) is 4.79 Å². The quantitative estimate of drug-likeness (QED) is 0.543. The summed E-state index contributed by atoms with van der Waals surface area (Å²) in [5.74, 6) is 1.32. The zero-order valence-electron chi connectivity index (χ0n) is 18.9. The van der Waals surface area contributed by atoms with Gasteiger partial charge >= 0.3 is 12.1 Å². The Morgan fingerprint density at radius 2 is 2.03 bits per heavy atom. The van der Waals surface area contributed by atoms with Crippen molar-refractivity contribution >= 4 is 29.6 Å². The molecule has 1 amide bonds. The predicted octanol–water partition coefficient (Wildman–Crippen LogP) is 3.36. The van der Waals surface area contributed by atoms with E-state index in [1.807, 2.05) is 30.3 Å². The van der Waals surface area contributed by atoms with Gasteiger partial charge < -0.3 is 9.84 Å². The third kappa shape index (κ3) is 5.64. The van der Waals surface area contributed by atoms with Crippen LogP contribution in [0, 0.1) is 5.41 Å². The number of aryl methyl sites for hydroxylation is 1. The normalized spacial score (nSPS) is 24.8. The minimum atomic E-state index is -1.05. The smallest absolute Gasteiger partial charge is 0.407 e. The van der Waals surface area contributed by atoms with Gasteiger partial charge in [-0.05, 0) is 57.3 Å². The lowest BCUT2D eigenvalue weighted by Crippen LogP contribution is -2.57. The van der Waals surface area contributed by atoms with E-state index in [2.05, 4.69) is 5.32 Å². The van der Waals surface area contributed by atoms with Gasteiger partial charge in [0.15, 0.2) is 5.78 Å². The molecule has 2 aliphatic rings. The molecule has 2 saturated heterocycles. The minimum absolute atomic E-state index is 0.151. The zero-order valence-corrected chi connectivity index (χ0v) is 19.7. The lowest BCUT2D eigenvalue weighted by molar-refractivity contribution is -0.146. The Morgan fingerprint density at radius 1 is 1.28 bits per heavy atom. The standard InChI is InChI=1S/C24H34N2O5S/c1-3-31-22(28)19(11-10-18-8-5-4-6-9-18)25-17(2)20(27)21-24(12-7-15-32-16-24)13-14-26(21)23(29)30/h4-6,8-9,17,19,21,25H,3,7,10-16H2,1-2H3,(H,29,30)/t17-,19?,21?,24?/m0/s1. The second-order valence-corrected chi connectivity index (χ2v) is 9.87. The number of rotatable bonds is 9. The summed E-state index contributed by atoms with van der Waals surface area (Å²) in [7, 11) is 0. The van der Waals surface area contributed by atoms with Crippen LogP contribution < -0.4 is 5.32 Å². The first-order valence-electron chi connectivity index (χ1n) is 11.5. The molecule has 0 saturated carbocycles. The largest absolute Gasteiger partial charge is 0.465 e. The van der Waals surface area contributed by atoms with Gasteiger partial charge in [0.1, 0.15) is 12.1 Å². The van der Waals surface area contributed by atoms with Crippen molar-refractivity contribution in [2.75, 3.05) is 24.7 Å². The Bertz CT molecular complexity index is 797. The van der Waals surface area contributed by atoms with Gasteiger partial charge in [-0.25, -0.2) is 4.79 Å². The van der Waals surface area contributed by atoms with E-state index < -0.39 is 24.2 Å². The molecule has 2 aliphatic heterocycles. The van der Waals surface area contributed by atoms with Crippen LogP contribution in [0.2, 0.25) is 0 Å². The number of likely N-dealkylation sites (tertiary alicyclic amines) is 1. The Labute approximate surface area is 194 Å². The van der Waals surface area contributed by atoms with Crippen LogP contribution in [0.25, 0.3) is 0 Å². The molecule has 4 atom stereocenters. The Balaban J connectivity index is 1.74. The molecule has 0 radical (unpaired) electrons. The topological polar surface area (TPSA) is 95.9 Å². The zero-order chi connectivity index (χ0) is 23.1. The molecule has 32 heavy (non-hydrogen) atoms. The van der Waals surface area contributed by atoms with Gasteiger partial charge in [0, 0.05) is 17.7 Å². The summed E-state index contributed by atoms with van der Waals surface area (Å²) < 4.78 is 5.25. The second-order valence-electron chi connectivity index (χ2n) is 8.77. The highest BCUT2D eigenvalue weighted by atomic mass is 32.2. The van der Waals surface area contributed by atoms with Crippen molar-refractivity contribution < 1.29 is 24.2 Å². The van der Waals surface area contributed by atoms with Gasteiger partial charge in [-0.3, -0.25) is 19.8 Å². The fraction of sp³-hybridized carbons (Fsp3) is 0.625. The molecule has 2 heterocycles. The molecule has 8 heteroatoms. The number of ketones is 1.